The summed E-state index contributed by atoms with van der Waals surface area (Å²) >= 11 is 0. The fraction of sp³-hybridized carbons (Fsp3) is 0.400. The number of hydrogen-bond acceptors (Lipinski definition) is 1. The van der Waals surface area contributed by atoms with Crippen molar-refractivity contribution in [2.24, 2.45) is 0 Å². The van der Waals surface area contributed by atoms with Crippen LogP contribution in [0.1, 0.15) is 19.3 Å². The molecule has 0 radical (unpaired) electrons. The summed E-state index contributed by atoms with van der Waals surface area (Å²) in [6.07, 6.45) is 11.2. The maximum Gasteiger partial charge on any atom is 0.130 e. The van der Waals surface area contributed by atoms with Crippen LogP contribution in [0, 0.1) is 5.21 Å². The van der Waals surface area contributed by atoms with Crippen LogP contribution in [-0.2, 0) is 0 Å². The van der Waals surface area contributed by atoms with Crippen molar-refractivity contribution < 1.29 is 5.06 Å². The second-order valence-corrected chi connectivity index (χ2v) is 3.29. The molecule has 0 amide bonds. The van der Waals surface area contributed by atoms with E-state index in [0.717, 1.165) is 31.5 Å². The number of nitrogens with one attached hydrogen (secondary N) is 1. The summed E-state index contributed by atoms with van der Waals surface area (Å²) in [6, 6.07) is 0. The van der Waals surface area contributed by atoms with Gasteiger partial charge in [0.2, 0.25) is 0 Å². The predicted octanol–water partition coefficient (Wildman–Crippen LogP) is 0.933. The Balaban J connectivity index is 2.32. The van der Waals surface area contributed by atoms with Gasteiger partial charge in [-0.05, 0) is 24.5 Å². The van der Waals surface area contributed by atoms with Gasteiger partial charge in [0, 0.05) is 6.42 Å². The van der Waals surface area contributed by atoms with Crippen LogP contribution in [0.4, 0.5) is 0 Å². The van der Waals surface area contributed by atoms with Crippen LogP contribution in [0.2, 0.25) is 0 Å². The molecule has 1 atom stereocenters. The van der Waals surface area contributed by atoms with E-state index in [2.05, 4.69) is 6.08 Å². The number of allylic oxidation sites excluding steroid dienone is 5. The van der Waals surface area contributed by atoms with Gasteiger partial charge in [0.25, 0.3) is 0 Å². The largest absolute Gasteiger partial charge is 0.629 e. The molecule has 0 saturated heterocycles. The van der Waals surface area contributed by atoms with Crippen molar-refractivity contribution in [3.63, 3.8) is 0 Å². The zero-order valence-electron chi connectivity index (χ0n) is 7.05. The molecule has 0 bridgehead atoms. The molecule has 0 aromatic heterocycles. The highest BCUT2D eigenvalue weighted by molar-refractivity contribution is 5.28. The predicted molar refractivity (Wildman–Crippen MR) is 48.4 cm³/mol. The van der Waals surface area contributed by atoms with Gasteiger partial charge < -0.3 is 10.3 Å². The van der Waals surface area contributed by atoms with Crippen molar-refractivity contribution in [3.8, 4) is 0 Å². The summed E-state index contributed by atoms with van der Waals surface area (Å²) in [4.78, 5) is 0. The Hall–Kier alpha value is -0.860. The van der Waals surface area contributed by atoms with Gasteiger partial charge in [-0.15, -0.1) is 0 Å². The molecule has 0 spiro atoms. The molecule has 2 nitrogen and oxygen atoms in total. The van der Waals surface area contributed by atoms with E-state index in [0.29, 0.717) is 5.06 Å². The summed E-state index contributed by atoms with van der Waals surface area (Å²) in [5, 5.41) is 11.8. The fourth-order valence-corrected chi connectivity index (χ4v) is 1.79. The number of rotatable bonds is 0. The van der Waals surface area contributed by atoms with Crippen molar-refractivity contribution in [2.45, 2.75) is 19.3 Å². The molecule has 2 heteroatoms. The maximum absolute atomic E-state index is 11.4. The first kappa shape index (κ1) is 7.77. The zero-order valence-corrected chi connectivity index (χ0v) is 7.05. The molecule has 0 aromatic carbocycles. The molecule has 12 heavy (non-hydrogen) atoms. The van der Waals surface area contributed by atoms with Gasteiger partial charge in [0.05, 0.1) is 6.54 Å². The second-order valence-electron chi connectivity index (χ2n) is 3.29. The summed E-state index contributed by atoms with van der Waals surface area (Å²) in [7, 11) is 0. The SMILES string of the molecule is [O-][NH+]1CCCC2=C1C=CC=CC2. The van der Waals surface area contributed by atoms with E-state index in [-0.39, 0.29) is 0 Å². The molecule has 0 saturated carbocycles. The molecule has 0 aromatic rings. The van der Waals surface area contributed by atoms with E-state index in [1.165, 1.54) is 5.57 Å². The Morgan fingerprint density at radius 2 is 2.25 bits per heavy atom. The van der Waals surface area contributed by atoms with Gasteiger partial charge in [0.1, 0.15) is 5.70 Å². The summed E-state index contributed by atoms with van der Waals surface area (Å²) in [6.45, 7) is 0.739. The van der Waals surface area contributed by atoms with Crippen LogP contribution in [0.25, 0.3) is 0 Å². The van der Waals surface area contributed by atoms with Crippen LogP contribution in [0.5, 0.6) is 0 Å². The average molecular weight is 163 g/mol. The Kier molecular flexibility index (Phi) is 2.11. The van der Waals surface area contributed by atoms with E-state index >= 15 is 0 Å². The Bertz CT molecular complexity index is 263. The molecular formula is C10H13NO. The van der Waals surface area contributed by atoms with Crippen LogP contribution in [0.3, 0.4) is 0 Å². The third-order valence-corrected chi connectivity index (χ3v) is 2.44. The highest BCUT2D eigenvalue weighted by Crippen LogP contribution is 2.18. The van der Waals surface area contributed by atoms with E-state index in [4.69, 9.17) is 0 Å². The van der Waals surface area contributed by atoms with E-state index in [9.17, 15) is 5.21 Å². The van der Waals surface area contributed by atoms with Gasteiger partial charge in [-0.25, -0.2) is 0 Å². The lowest BCUT2D eigenvalue weighted by molar-refractivity contribution is -0.806. The normalized spacial score (nSPS) is 28.6. The molecular weight excluding hydrogens is 150 g/mol. The van der Waals surface area contributed by atoms with Gasteiger partial charge in [-0.3, -0.25) is 0 Å². The van der Waals surface area contributed by atoms with E-state index in [1.54, 1.807) is 0 Å². The van der Waals surface area contributed by atoms with Crippen LogP contribution < -0.4 is 5.06 Å². The smallest absolute Gasteiger partial charge is 0.130 e. The molecule has 1 aliphatic heterocycles. The lowest BCUT2D eigenvalue weighted by Crippen LogP contribution is -3.05. The summed E-state index contributed by atoms with van der Waals surface area (Å²) in [5.41, 5.74) is 2.31. The number of quaternary nitrogens is 1. The third kappa shape index (κ3) is 1.36. The monoisotopic (exact) mass is 163 g/mol. The quantitative estimate of drug-likeness (QED) is 0.529. The molecule has 1 unspecified atom stereocenters. The third-order valence-electron chi connectivity index (χ3n) is 2.44. The van der Waals surface area contributed by atoms with E-state index in [1.807, 2.05) is 18.2 Å². The van der Waals surface area contributed by atoms with Crippen LogP contribution in [-0.4, -0.2) is 6.54 Å². The minimum atomic E-state index is 0.330. The Morgan fingerprint density at radius 3 is 3.17 bits per heavy atom. The van der Waals surface area contributed by atoms with Crippen molar-refractivity contribution in [1.29, 1.82) is 0 Å². The molecule has 2 aliphatic rings. The first-order valence-corrected chi connectivity index (χ1v) is 4.46. The Labute approximate surface area is 72.5 Å². The van der Waals surface area contributed by atoms with Gasteiger partial charge in [-0.1, -0.05) is 18.2 Å². The zero-order chi connectivity index (χ0) is 8.39. The fourth-order valence-electron chi connectivity index (χ4n) is 1.79. The molecule has 64 valence electrons. The van der Waals surface area contributed by atoms with Crippen molar-refractivity contribution >= 4 is 0 Å². The topological polar surface area (TPSA) is 27.5 Å². The highest BCUT2D eigenvalue weighted by Gasteiger charge is 2.16. The summed E-state index contributed by atoms with van der Waals surface area (Å²) < 4.78 is 0. The first-order valence-electron chi connectivity index (χ1n) is 4.46. The van der Waals surface area contributed by atoms with Crippen molar-refractivity contribution in [2.75, 3.05) is 6.54 Å². The standard InChI is InChI=1S/C10H13NO/c12-11-8-4-6-9-5-2-1-3-7-10(9)11/h1-3,7,11H,4-6,8H2. The van der Waals surface area contributed by atoms with Gasteiger partial charge in [-0.2, -0.15) is 0 Å². The second kappa shape index (κ2) is 3.25. The lowest BCUT2D eigenvalue weighted by Gasteiger charge is -2.28. The molecule has 2 rings (SSSR count). The lowest BCUT2D eigenvalue weighted by atomic mass is 10.0. The first-order chi connectivity index (χ1) is 5.88. The van der Waals surface area contributed by atoms with Gasteiger partial charge in [0.15, 0.2) is 0 Å². The molecule has 1 N–H and O–H groups in total. The minimum Gasteiger partial charge on any atom is -0.629 e. The van der Waals surface area contributed by atoms with Crippen LogP contribution in [0.15, 0.2) is 35.6 Å². The van der Waals surface area contributed by atoms with Gasteiger partial charge >= 0.3 is 0 Å². The molecule has 1 heterocycles. The van der Waals surface area contributed by atoms with Crippen LogP contribution >= 0.6 is 0 Å². The van der Waals surface area contributed by atoms with E-state index < -0.39 is 0 Å². The van der Waals surface area contributed by atoms with Crippen molar-refractivity contribution in [1.82, 2.24) is 0 Å². The van der Waals surface area contributed by atoms with Crippen molar-refractivity contribution in [3.05, 3.63) is 40.8 Å². The highest BCUT2D eigenvalue weighted by atomic mass is 16.5. The molecule has 0 fully saturated rings. The molecule has 1 aliphatic carbocycles. The maximum atomic E-state index is 11.4. The number of hydrogen-bond donors (Lipinski definition) is 1. The average Bonchev–Trinajstić information content (AvgIpc) is 2.30. The number of hydroxylamine groups is 2. The summed E-state index contributed by atoms with van der Waals surface area (Å²) in [5.74, 6) is 0. The minimum absolute atomic E-state index is 0.330. The Morgan fingerprint density at radius 1 is 1.33 bits per heavy atom.